The monoisotopic (exact) mass is 378 g/mol. The van der Waals surface area contributed by atoms with Crippen molar-refractivity contribution in [3.8, 4) is 0 Å². The minimum absolute atomic E-state index is 0.298. The van der Waals surface area contributed by atoms with Gasteiger partial charge >= 0.3 is 5.97 Å². The molecule has 1 aromatic carbocycles. The predicted octanol–water partition coefficient (Wildman–Crippen LogP) is 3.90. The molecular weight excluding hydrogens is 360 g/mol. The summed E-state index contributed by atoms with van der Waals surface area (Å²) in [6.07, 6.45) is 0. The average Bonchev–Trinajstić information content (AvgIpc) is 2.96. The normalized spacial score (nSPS) is 16.4. The molecule has 1 aliphatic heterocycles. The van der Waals surface area contributed by atoms with Crippen LogP contribution < -0.4 is 5.32 Å². The number of hydrogen-bond donors (Lipinski definition) is 1. The number of ether oxygens (including phenoxy) is 1. The highest BCUT2D eigenvalue weighted by atomic mass is 35.5. The van der Waals surface area contributed by atoms with Gasteiger partial charge in [-0.25, -0.2) is 9.48 Å². The van der Waals surface area contributed by atoms with E-state index in [2.05, 4.69) is 15.4 Å². The average molecular weight is 379 g/mol. The lowest BCUT2D eigenvalue weighted by atomic mass is 9.96. The van der Waals surface area contributed by atoms with Gasteiger partial charge in [-0.05, 0) is 25.7 Å². The van der Waals surface area contributed by atoms with Crippen molar-refractivity contribution in [2.24, 2.45) is 0 Å². The van der Waals surface area contributed by atoms with E-state index in [1.165, 1.54) is 0 Å². The Morgan fingerprint density at radius 2 is 2.16 bits per heavy atom. The van der Waals surface area contributed by atoms with Crippen LogP contribution in [0.3, 0.4) is 0 Å². The van der Waals surface area contributed by atoms with E-state index < -0.39 is 6.04 Å². The van der Waals surface area contributed by atoms with Crippen LogP contribution in [0.25, 0.3) is 0 Å². The van der Waals surface area contributed by atoms with Gasteiger partial charge < -0.3 is 10.1 Å². The Balaban J connectivity index is 2.17. The molecule has 0 saturated heterocycles. The Hall–Kier alpha value is -1.99. The van der Waals surface area contributed by atoms with E-state index in [-0.39, 0.29) is 5.97 Å². The SMILES string of the molecule is CCOC(=O)C1=C(C)Nc2nc(SCC)nn2[C@H]1c1ccccc1Cl. The number of benzene rings is 1. The first-order valence-corrected chi connectivity index (χ1v) is 9.41. The van der Waals surface area contributed by atoms with Gasteiger partial charge in [-0.2, -0.15) is 4.98 Å². The molecule has 1 aliphatic rings. The molecule has 6 nitrogen and oxygen atoms in total. The van der Waals surface area contributed by atoms with Crippen molar-refractivity contribution >= 4 is 35.3 Å². The Bertz CT molecular complexity index is 834. The summed E-state index contributed by atoms with van der Waals surface area (Å²) in [5.41, 5.74) is 1.96. The molecule has 0 saturated carbocycles. The minimum Gasteiger partial charge on any atom is -0.463 e. The number of anilines is 1. The molecule has 3 rings (SSSR count). The molecule has 0 spiro atoms. The summed E-state index contributed by atoms with van der Waals surface area (Å²) in [6, 6.07) is 6.95. The first-order valence-electron chi connectivity index (χ1n) is 8.05. The Kier molecular flexibility index (Phi) is 5.34. The van der Waals surface area contributed by atoms with Crippen LogP contribution >= 0.6 is 23.4 Å². The summed E-state index contributed by atoms with van der Waals surface area (Å²) >= 11 is 7.97. The van der Waals surface area contributed by atoms with E-state index in [0.717, 1.165) is 11.3 Å². The molecule has 0 radical (unpaired) electrons. The molecule has 0 amide bonds. The summed E-state index contributed by atoms with van der Waals surface area (Å²) in [6.45, 7) is 5.95. The number of hydrogen-bond acceptors (Lipinski definition) is 6. The highest BCUT2D eigenvalue weighted by molar-refractivity contribution is 7.99. The summed E-state index contributed by atoms with van der Waals surface area (Å²) < 4.78 is 6.97. The van der Waals surface area contributed by atoms with Gasteiger partial charge in [-0.15, -0.1) is 5.10 Å². The highest BCUT2D eigenvalue weighted by Gasteiger charge is 2.36. The van der Waals surface area contributed by atoms with Gasteiger partial charge in [0.2, 0.25) is 11.1 Å². The van der Waals surface area contributed by atoms with E-state index in [9.17, 15) is 4.79 Å². The maximum atomic E-state index is 12.6. The van der Waals surface area contributed by atoms with Crippen molar-refractivity contribution in [1.82, 2.24) is 14.8 Å². The predicted molar refractivity (Wildman–Crippen MR) is 99.0 cm³/mol. The third kappa shape index (κ3) is 3.39. The molecule has 1 atom stereocenters. The smallest absolute Gasteiger partial charge is 0.338 e. The number of aromatic nitrogens is 3. The van der Waals surface area contributed by atoms with Gasteiger partial charge in [0.1, 0.15) is 6.04 Å². The lowest BCUT2D eigenvalue weighted by molar-refractivity contribution is -0.139. The third-order valence-electron chi connectivity index (χ3n) is 3.80. The number of thioether (sulfide) groups is 1. The number of fused-ring (bicyclic) bond motifs is 1. The van der Waals surface area contributed by atoms with Crippen molar-refractivity contribution < 1.29 is 9.53 Å². The fourth-order valence-corrected chi connectivity index (χ4v) is 3.57. The quantitative estimate of drug-likeness (QED) is 0.628. The molecule has 8 heteroatoms. The van der Waals surface area contributed by atoms with Gasteiger partial charge in [0.05, 0.1) is 12.2 Å². The molecule has 2 aromatic rings. The van der Waals surface area contributed by atoms with E-state index in [4.69, 9.17) is 16.3 Å². The van der Waals surface area contributed by atoms with Gasteiger partial charge in [-0.1, -0.05) is 48.5 Å². The second kappa shape index (κ2) is 7.49. The van der Waals surface area contributed by atoms with Crippen LogP contribution in [0.2, 0.25) is 5.02 Å². The summed E-state index contributed by atoms with van der Waals surface area (Å²) in [5.74, 6) is 1.06. The Labute approximate surface area is 155 Å². The molecule has 1 aromatic heterocycles. The number of esters is 1. The summed E-state index contributed by atoms with van der Waals surface area (Å²) in [5, 5.41) is 8.95. The molecule has 0 aliphatic carbocycles. The number of carbonyl (C=O) groups excluding carboxylic acids is 1. The fraction of sp³-hybridized carbons (Fsp3) is 0.353. The molecule has 0 unspecified atom stereocenters. The highest BCUT2D eigenvalue weighted by Crippen LogP contribution is 2.39. The maximum Gasteiger partial charge on any atom is 0.338 e. The maximum absolute atomic E-state index is 12.6. The van der Waals surface area contributed by atoms with E-state index in [1.807, 2.05) is 32.0 Å². The molecule has 132 valence electrons. The van der Waals surface area contributed by atoms with Gasteiger partial charge in [0.25, 0.3) is 0 Å². The Morgan fingerprint density at radius 3 is 2.84 bits per heavy atom. The molecule has 1 N–H and O–H groups in total. The topological polar surface area (TPSA) is 69.0 Å². The first kappa shape index (κ1) is 17.8. The van der Waals surface area contributed by atoms with Crippen molar-refractivity contribution in [3.63, 3.8) is 0 Å². The van der Waals surface area contributed by atoms with E-state index in [0.29, 0.717) is 34.0 Å². The van der Waals surface area contributed by atoms with Crippen molar-refractivity contribution in [1.29, 1.82) is 0 Å². The zero-order chi connectivity index (χ0) is 18.0. The molecule has 0 fully saturated rings. The molecule has 0 bridgehead atoms. The largest absolute Gasteiger partial charge is 0.463 e. The van der Waals surface area contributed by atoms with E-state index in [1.54, 1.807) is 29.4 Å². The molecular formula is C17H19ClN4O2S. The second-order valence-corrected chi connectivity index (χ2v) is 7.04. The first-order chi connectivity index (χ1) is 12.1. The third-order valence-corrected chi connectivity index (χ3v) is 4.87. The number of halogens is 1. The van der Waals surface area contributed by atoms with Crippen LogP contribution in [0.5, 0.6) is 0 Å². The molecule has 25 heavy (non-hydrogen) atoms. The van der Waals surface area contributed by atoms with Crippen molar-refractivity contribution in [2.45, 2.75) is 32.0 Å². The zero-order valence-corrected chi connectivity index (χ0v) is 15.8. The van der Waals surface area contributed by atoms with Crippen molar-refractivity contribution in [2.75, 3.05) is 17.7 Å². The van der Waals surface area contributed by atoms with E-state index >= 15 is 0 Å². The zero-order valence-electron chi connectivity index (χ0n) is 14.2. The minimum atomic E-state index is -0.484. The van der Waals surface area contributed by atoms with Crippen LogP contribution in [0.4, 0.5) is 5.95 Å². The second-order valence-electron chi connectivity index (χ2n) is 5.40. The van der Waals surface area contributed by atoms with Crippen LogP contribution in [-0.4, -0.2) is 33.1 Å². The van der Waals surface area contributed by atoms with Gasteiger partial charge in [-0.3, -0.25) is 0 Å². The van der Waals surface area contributed by atoms with Gasteiger partial charge in [0.15, 0.2) is 0 Å². The van der Waals surface area contributed by atoms with Crippen molar-refractivity contribution in [3.05, 3.63) is 46.1 Å². The number of rotatable bonds is 5. The number of carbonyl (C=O) groups is 1. The summed E-state index contributed by atoms with van der Waals surface area (Å²) in [7, 11) is 0. The van der Waals surface area contributed by atoms with Crippen LogP contribution in [0, 0.1) is 0 Å². The van der Waals surface area contributed by atoms with Crippen LogP contribution in [0.1, 0.15) is 32.4 Å². The fourth-order valence-electron chi connectivity index (χ4n) is 2.78. The van der Waals surface area contributed by atoms with Crippen LogP contribution in [0.15, 0.2) is 40.7 Å². The number of allylic oxidation sites excluding steroid dienone is 1. The molecule has 2 heterocycles. The number of nitrogens with one attached hydrogen (secondary N) is 1. The lowest BCUT2D eigenvalue weighted by Crippen LogP contribution is -2.29. The standard InChI is InChI=1S/C17H19ClN4O2S/c1-4-24-15(23)13-10(3)19-16-20-17(25-5-2)21-22(16)14(13)11-8-6-7-9-12(11)18/h6-9,14H,4-5H2,1-3H3,(H,19,20,21)/t14-/m0/s1. The van der Waals surface area contributed by atoms with Gasteiger partial charge in [0, 0.05) is 16.3 Å². The number of nitrogens with zero attached hydrogens (tertiary/aromatic N) is 3. The van der Waals surface area contributed by atoms with Crippen LogP contribution in [-0.2, 0) is 9.53 Å². The lowest BCUT2D eigenvalue weighted by Gasteiger charge is -2.28. The summed E-state index contributed by atoms with van der Waals surface area (Å²) in [4.78, 5) is 17.1. The Morgan fingerprint density at radius 1 is 1.40 bits per heavy atom.